The molecule has 0 saturated heterocycles. The van der Waals surface area contributed by atoms with Crippen LogP contribution in [0.2, 0.25) is 0 Å². The van der Waals surface area contributed by atoms with Crippen molar-refractivity contribution >= 4 is 32.8 Å². The van der Waals surface area contributed by atoms with E-state index in [0.717, 1.165) is 11.1 Å². The number of benzene rings is 2. The molecule has 8 nitrogen and oxygen atoms in total. The van der Waals surface area contributed by atoms with Crippen molar-refractivity contribution in [1.29, 1.82) is 0 Å². The second-order valence-electron chi connectivity index (χ2n) is 7.68. The maximum absolute atomic E-state index is 13.5. The molecule has 2 heterocycles. The fourth-order valence-corrected chi connectivity index (χ4v) is 5.56. The minimum atomic E-state index is -3.99. The number of aryl methyl sites for hydroxylation is 2. The largest absolute Gasteiger partial charge is 0.308 e. The molecule has 0 spiro atoms. The van der Waals surface area contributed by atoms with Crippen molar-refractivity contribution in [1.82, 2.24) is 10.9 Å². The zero-order valence-electron chi connectivity index (χ0n) is 17.1. The number of nitrogens with one attached hydrogen (secondary N) is 2. The summed E-state index contributed by atoms with van der Waals surface area (Å²) in [5.74, 6) is -0.902. The van der Waals surface area contributed by atoms with Gasteiger partial charge in [-0.25, -0.2) is 8.42 Å². The third-order valence-electron chi connectivity index (χ3n) is 5.45. The fraction of sp³-hybridized carbons (Fsp3) is 0.273. The standard InChI is InChI=1S/C22H22N4O4S/c1-13-3-7-15(8-4-13)21(27)19-17(11-23-25-19)31(29,30)18-12-24-26-20(18)22(28)16-9-5-14(2)6-10-16/h3-10,17-18,23-24H,11-12H2,1-2H3. The summed E-state index contributed by atoms with van der Waals surface area (Å²) in [4.78, 5) is 25.9. The number of hydrogen-bond acceptors (Lipinski definition) is 8. The van der Waals surface area contributed by atoms with E-state index < -0.39 is 31.9 Å². The van der Waals surface area contributed by atoms with Crippen LogP contribution in [-0.4, -0.2) is 55.0 Å². The van der Waals surface area contributed by atoms with Gasteiger partial charge in [-0.2, -0.15) is 10.2 Å². The highest BCUT2D eigenvalue weighted by atomic mass is 32.2. The smallest absolute Gasteiger partial charge is 0.210 e. The number of rotatable bonds is 6. The van der Waals surface area contributed by atoms with E-state index in [1.807, 2.05) is 13.8 Å². The van der Waals surface area contributed by atoms with Crippen molar-refractivity contribution in [2.75, 3.05) is 13.1 Å². The minimum Gasteiger partial charge on any atom is -0.308 e. The highest BCUT2D eigenvalue weighted by Crippen LogP contribution is 2.22. The van der Waals surface area contributed by atoms with E-state index in [1.54, 1.807) is 48.5 Å². The summed E-state index contributed by atoms with van der Waals surface area (Å²) >= 11 is 0. The molecule has 0 aliphatic carbocycles. The van der Waals surface area contributed by atoms with Crippen LogP contribution in [0.3, 0.4) is 0 Å². The highest BCUT2D eigenvalue weighted by molar-refractivity contribution is 7.94. The number of hydrazone groups is 2. The van der Waals surface area contributed by atoms with E-state index in [2.05, 4.69) is 21.1 Å². The number of carbonyl (C=O) groups excluding carboxylic acids is 2. The maximum Gasteiger partial charge on any atom is 0.210 e. The van der Waals surface area contributed by atoms with Gasteiger partial charge in [0.25, 0.3) is 0 Å². The van der Waals surface area contributed by atoms with Gasteiger partial charge in [0.1, 0.15) is 21.9 Å². The van der Waals surface area contributed by atoms with Crippen LogP contribution in [0.15, 0.2) is 58.7 Å². The van der Waals surface area contributed by atoms with Crippen LogP contribution in [0.25, 0.3) is 0 Å². The van der Waals surface area contributed by atoms with Crippen molar-refractivity contribution in [2.24, 2.45) is 10.2 Å². The van der Waals surface area contributed by atoms with Crippen molar-refractivity contribution < 1.29 is 18.0 Å². The third-order valence-corrected chi connectivity index (χ3v) is 7.81. The first kappa shape index (κ1) is 20.9. The van der Waals surface area contributed by atoms with E-state index in [0.29, 0.717) is 11.1 Å². The third kappa shape index (κ3) is 3.88. The molecule has 2 aliphatic rings. The van der Waals surface area contributed by atoms with Crippen LogP contribution >= 0.6 is 0 Å². The number of nitrogens with zero attached hydrogens (tertiary/aromatic N) is 2. The molecule has 2 unspecified atom stereocenters. The molecule has 0 radical (unpaired) electrons. The molecule has 160 valence electrons. The van der Waals surface area contributed by atoms with Gasteiger partial charge in [0.2, 0.25) is 11.6 Å². The van der Waals surface area contributed by atoms with Gasteiger partial charge in [-0.1, -0.05) is 59.7 Å². The second kappa shape index (κ2) is 8.07. The van der Waals surface area contributed by atoms with Gasteiger partial charge in [-0.15, -0.1) is 0 Å². The SMILES string of the molecule is Cc1ccc(C(=O)C2=NNCC2S(=O)(=O)C2CNN=C2C(=O)c2ccc(C)cc2)cc1. The molecule has 2 aromatic carbocycles. The lowest BCUT2D eigenvalue weighted by molar-refractivity contribution is 0.105. The molecular formula is C22H22N4O4S. The molecule has 31 heavy (non-hydrogen) atoms. The maximum atomic E-state index is 13.5. The first-order valence-corrected chi connectivity index (χ1v) is 11.5. The second-order valence-corrected chi connectivity index (χ2v) is 9.99. The molecule has 0 bridgehead atoms. The van der Waals surface area contributed by atoms with Crippen molar-refractivity contribution in [3.8, 4) is 0 Å². The van der Waals surface area contributed by atoms with Crippen LogP contribution in [0.5, 0.6) is 0 Å². The Morgan fingerprint density at radius 2 is 1.10 bits per heavy atom. The Morgan fingerprint density at radius 3 is 1.45 bits per heavy atom. The molecule has 2 aromatic rings. The van der Waals surface area contributed by atoms with Crippen molar-refractivity contribution in [3.63, 3.8) is 0 Å². The Bertz CT molecular complexity index is 1110. The van der Waals surface area contributed by atoms with E-state index in [-0.39, 0.29) is 24.5 Å². The number of carbonyl (C=O) groups is 2. The average Bonchev–Trinajstić information content (AvgIpc) is 3.44. The van der Waals surface area contributed by atoms with E-state index in [9.17, 15) is 18.0 Å². The topological polar surface area (TPSA) is 117 Å². The molecule has 2 N–H and O–H groups in total. The molecular weight excluding hydrogens is 416 g/mol. The normalized spacial score (nSPS) is 20.5. The highest BCUT2D eigenvalue weighted by Gasteiger charge is 2.47. The van der Waals surface area contributed by atoms with Crippen molar-refractivity contribution in [2.45, 2.75) is 24.3 Å². The van der Waals surface area contributed by atoms with Gasteiger partial charge in [-0.3, -0.25) is 9.59 Å². The molecule has 0 amide bonds. The minimum absolute atomic E-state index is 0.0300. The van der Waals surface area contributed by atoms with Gasteiger partial charge in [0.15, 0.2) is 9.84 Å². The van der Waals surface area contributed by atoms with Gasteiger partial charge >= 0.3 is 0 Å². The predicted octanol–water partition coefficient (Wildman–Crippen LogP) is 1.44. The van der Waals surface area contributed by atoms with Crippen LogP contribution in [0.4, 0.5) is 0 Å². The molecule has 0 saturated carbocycles. The van der Waals surface area contributed by atoms with Gasteiger partial charge in [-0.05, 0) is 13.8 Å². The van der Waals surface area contributed by atoms with E-state index >= 15 is 0 Å². The number of hydrogen-bond donors (Lipinski definition) is 2. The fourth-order valence-electron chi connectivity index (χ4n) is 3.61. The van der Waals surface area contributed by atoms with Crippen LogP contribution in [0, 0.1) is 13.8 Å². The summed E-state index contributed by atoms with van der Waals surface area (Å²) in [6.45, 7) is 3.74. The molecule has 9 heteroatoms. The summed E-state index contributed by atoms with van der Waals surface area (Å²) in [7, 11) is -3.99. The molecule has 0 aromatic heterocycles. The zero-order valence-corrected chi connectivity index (χ0v) is 17.9. The van der Waals surface area contributed by atoms with Crippen LogP contribution in [-0.2, 0) is 9.84 Å². The van der Waals surface area contributed by atoms with Gasteiger partial charge < -0.3 is 10.9 Å². The Hall–Kier alpha value is -3.33. The molecule has 2 atom stereocenters. The summed E-state index contributed by atoms with van der Waals surface area (Å²) in [6.07, 6.45) is 0. The lowest BCUT2D eigenvalue weighted by Gasteiger charge is -2.18. The Balaban J connectivity index is 1.61. The molecule has 2 aliphatic heterocycles. The number of sulfone groups is 1. The van der Waals surface area contributed by atoms with E-state index in [4.69, 9.17) is 0 Å². The molecule has 4 rings (SSSR count). The van der Waals surface area contributed by atoms with E-state index in [1.165, 1.54) is 0 Å². The lowest BCUT2D eigenvalue weighted by Crippen LogP contribution is -2.46. The summed E-state index contributed by atoms with van der Waals surface area (Å²) < 4.78 is 27.0. The van der Waals surface area contributed by atoms with Crippen molar-refractivity contribution in [3.05, 3.63) is 70.8 Å². The zero-order chi connectivity index (χ0) is 22.2. The van der Waals surface area contributed by atoms with Crippen LogP contribution in [0.1, 0.15) is 31.8 Å². The molecule has 0 fully saturated rings. The first-order valence-electron chi connectivity index (χ1n) is 9.85. The average molecular weight is 439 g/mol. The van der Waals surface area contributed by atoms with Gasteiger partial charge in [0, 0.05) is 11.1 Å². The first-order chi connectivity index (χ1) is 14.8. The number of ketones is 2. The summed E-state index contributed by atoms with van der Waals surface area (Å²) in [6, 6.07) is 13.7. The Morgan fingerprint density at radius 1 is 0.742 bits per heavy atom. The quantitative estimate of drug-likeness (QED) is 0.659. The summed E-state index contributed by atoms with van der Waals surface area (Å²) in [5, 5.41) is 5.64. The monoisotopic (exact) mass is 438 g/mol. The van der Waals surface area contributed by atoms with Crippen LogP contribution < -0.4 is 10.9 Å². The Kier molecular flexibility index (Phi) is 5.45. The number of Topliss-reactive ketones (excluding diaryl/α,β-unsaturated/α-hetero) is 2. The lowest BCUT2D eigenvalue weighted by atomic mass is 10.0. The summed E-state index contributed by atoms with van der Waals surface area (Å²) in [5.41, 5.74) is 7.83. The predicted molar refractivity (Wildman–Crippen MR) is 118 cm³/mol. The van der Waals surface area contributed by atoms with Gasteiger partial charge in [0.05, 0.1) is 13.1 Å². The Labute approximate surface area is 180 Å².